The molecule has 112 valence electrons. The van der Waals surface area contributed by atoms with Gasteiger partial charge in [0.2, 0.25) is 11.8 Å². The molecule has 2 heterocycles. The van der Waals surface area contributed by atoms with Gasteiger partial charge in [-0.2, -0.15) is 0 Å². The Balaban J connectivity index is 1.83. The number of aliphatic hydroxyl groups is 1. The minimum atomic E-state index is -0.925. The summed E-state index contributed by atoms with van der Waals surface area (Å²) in [6, 6.07) is 0. The lowest BCUT2D eigenvalue weighted by atomic mass is 10.2. The van der Waals surface area contributed by atoms with Crippen LogP contribution in [0.4, 0.5) is 0 Å². The maximum Gasteiger partial charge on any atom is 0.251 e. The summed E-state index contributed by atoms with van der Waals surface area (Å²) in [5.74, 6) is 1.30. The highest BCUT2D eigenvalue weighted by Gasteiger charge is 2.24. The summed E-state index contributed by atoms with van der Waals surface area (Å²) in [5, 5.41) is 17.3. The quantitative estimate of drug-likeness (QED) is 0.850. The third-order valence-corrected chi connectivity index (χ3v) is 3.38. The highest BCUT2D eigenvalue weighted by atomic mass is 16.4. The fraction of sp³-hybridized carbons (Fsp3) is 0.769. The SMILES string of the molecule is CC(O)C(=O)N1CCN(Cc2nnc(C(C)C)o2)CC1. The van der Waals surface area contributed by atoms with Gasteiger partial charge in [-0.1, -0.05) is 13.8 Å². The lowest BCUT2D eigenvalue weighted by Crippen LogP contribution is -2.50. The maximum atomic E-state index is 11.7. The largest absolute Gasteiger partial charge is 0.424 e. The van der Waals surface area contributed by atoms with Gasteiger partial charge in [-0.05, 0) is 6.92 Å². The molecule has 1 N–H and O–H groups in total. The number of aliphatic hydroxyl groups excluding tert-OH is 1. The Hall–Kier alpha value is -1.47. The van der Waals surface area contributed by atoms with E-state index in [1.54, 1.807) is 4.90 Å². The van der Waals surface area contributed by atoms with Gasteiger partial charge in [-0.15, -0.1) is 10.2 Å². The van der Waals surface area contributed by atoms with Gasteiger partial charge in [0.1, 0.15) is 6.10 Å². The second-order valence-electron chi connectivity index (χ2n) is 5.47. The lowest BCUT2D eigenvalue weighted by molar-refractivity contribution is -0.141. The molecule has 0 bridgehead atoms. The van der Waals surface area contributed by atoms with Crippen molar-refractivity contribution in [2.75, 3.05) is 26.2 Å². The van der Waals surface area contributed by atoms with E-state index in [1.807, 2.05) is 13.8 Å². The molecule has 1 atom stereocenters. The molecule has 7 nitrogen and oxygen atoms in total. The number of hydrogen-bond acceptors (Lipinski definition) is 6. The molecule has 1 amide bonds. The fourth-order valence-electron chi connectivity index (χ4n) is 2.15. The summed E-state index contributed by atoms with van der Waals surface area (Å²) < 4.78 is 5.58. The molecule has 0 spiro atoms. The zero-order valence-electron chi connectivity index (χ0n) is 12.2. The molecule has 1 aromatic heterocycles. The van der Waals surface area contributed by atoms with Gasteiger partial charge in [0.25, 0.3) is 5.91 Å². The van der Waals surface area contributed by atoms with Crippen LogP contribution in [0.5, 0.6) is 0 Å². The van der Waals surface area contributed by atoms with Crippen LogP contribution in [0.1, 0.15) is 38.5 Å². The molecule has 1 unspecified atom stereocenters. The van der Waals surface area contributed by atoms with Crippen molar-refractivity contribution in [2.45, 2.75) is 39.3 Å². The minimum absolute atomic E-state index is 0.204. The van der Waals surface area contributed by atoms with Gasteiger partial charge in [0, 0.05) is 32.1 Å². The zero-order chi connectivity index (χ0) is 14.7. The first-order chi connectivity index (χ1) is 9.47. The van der Waals surface area contributed by atoms with Crippen LogP contribution in [0.25, 0.3) is 0 Å². The number of piperazine rings is 1. The molecule has 0 aliphatic carbocycles. The topological polar surface area (TPSA) is 82.7 Å². The van der Waals surface area contributed by atoms with E-state index >= 15 is 0 Å². The average molecular weight is 282 g/mol. The van der Waals surface area contributed by atoms with E-state index in [2.05, 4.69) is 15.1 Å². The smallest absolute Gasteiger partial charge is 0.251 e. The van der Waals surface area contributed by atoms with Crippen molar-refractivity contribution < 1.29 is 14.3 Å². The van der Waals surface area contributed by atoms with E-state index < -0.39 is 6.10 Å². The number of carbonyl (C=O) groups is 1. The molecule has 1 aromatic rings. The molecular formula is C13H22N4O3. The summed E-state index contributed by atoms with van der Waals surface area (Å²) in [6.07, 6.45) is -0.925. The molecule has 7 heteroatoms. The van der Waals surface area contributed by atoms with Crippen LogP contribution in [0, 0.1) is 0 Å². The standard InChI is InChI=1S/C13H22N4O3/c1-9(2)12-15-14-11(20-12)8-16-4-6-17(7-5-16)13(19)10(3)18/h9-10,18H,4-8H2,1-3H3. The number of carbonyl (C=O) groups excluding carboxylic acids is 1. The van der Waals surface area contributed by atoms with E-state index in [1.165, 1.54) is 6.92 Å². The number of amides is 1. The molecule has 1 aliphatic heterocycles. The normalized spacial score (nSPS) is 18.6. The monoisotopic (exact) mass is 282 g/mol. The van der Waals surface area contributed by atoms with Gasteiger partial charge in [0.15, 0.2) is 0 Å². The molecular weight excluding hydrogens is 260 g/mol. The van der Waals surface area contributed by atoms with Crippen LogP contribution in [-0.2, 0) is 11.3 Å². The van der Waals surface area contributed by atoms with Crippen molar-refractivity contribution in [3.8, 4) is 0 Å². The number of aromatic nitrogens is 2. The molecule has 0 aromatic carbocycles. The zero-order valence-corrected chi connectivity index (χ0v) is 12.2. The van der Waals surface area contributed by atoms with Crippen molar-refractivity contribution in [1.29, 1.82) is 0 Å². The molecule has 1 fully saturated rings. The van der Waals surface area contributed by atoms with Crippen LogP contribution >= 0.6 is 0 Å². The number of rotatable bonds is 4. The van der Waals surface area contributed by atoms with Crippen molar-refractivity contribution >= 4 is 5.91 Å². The van der Waals surface area contributed by atoms with Crippen LogP contribution in [0.2, 0.25) is 0 Å². The number of hydrogen-bond donors (Lipinski definition) is 1. The Morgan fingerprint density at radius 2 is 1.90 bits per heavy atom. The second-order valence-corrected chi connectivity index (χ2v) is 5.47. The summed E-state index contributed by atoms with van der Waals surface area (Å²) in [4.78, 5) is 15.5. The van der Waals surface area contributed by atoms with Crippen molar-refractivity contribution in [3.05, 3.63) is 11.8 Å². The van der Waals surface area contributed by atoms with E-state index in [9.17, 15) is 9.90 Å². The average Bonchev–Trinajstić information content (AvgIpc) is 2.87. The van der Waals surface area contributed by atoms with Crippen LogP contribution < -0.4 is 0 Å². The molecule has 2 rings (SSSR count). The molecule has 1 saturated heterocycles. The third kappa shape index (κ3) is 3.55. The van der Waals surface area contributed by atoms with Crippen LogP contribution in [0.15, 0.2) is 4.42 Å². The summed E-state index contributed by atoms with van der Waals surface area (Å²) in [5.41, 5.74) is 0. The Bertz CT molecular complexity index is 450. The molecule has 0 saturated carbocycles. The Morgan fingerprint density at radius 1 is 1.25 bits per heavy atom. The van der Waals surface area contributed by atoms with Crippen molar-refractivity contribution in [2.24, 2.45) is 0 Å². The third-order valence-electron chi connectivity index (χ3n) is 3.38. The first kappa shape index (κ1) is 14.9. The molecule has 20 heavy (non-hydrogen) atoms. The molecule has 1 aliphatic rings. The van der Waals surface area contributed by atoms with Gasteiger partial charge >= 0.3 is 0 Å². The van der Waals surface area contributed by atoms with Crippen LogP contribution in [0.3, 0.4) is 0 Å². The van der Waals surface area contributed by atoms with E-state index in [0.717, 1.165) is 13.1 Å². The van der Waals surface area contributed by atoms with E-state index in [4.69, 9.17) is 4.42 Å². The highest BCUT2D eigenvalue weighted by molar-refractivity contribution is 5.80. The Kier molecular flexibility index (Phi) is 4.72. The fourth-order valence-corrected chi connectivity index (χ4v) is 2.15. The predicted octanol–water partition coefficient (Wildman–Crippen LogP) is 0.218. The van der Waals surface area contributed by atoms with Gasteiger partial charge in [-0.25, -0.2) is 0 Å². The van der Waals surface area contributed by atoms with Crippen molar-refractivity contribution in [3.63, 3.8) is 0 Å². The minimum Gasteiger partial charge on any atom is -0.424 e. The number of nitrogens with zero attached hydrogens (tertiary/aromatic N) is 4. The first-order valence-corrected chi connectivity index (χ1v) is 6.99. The van der Waals surface area contributed by atoms with Gasteiger partial charge < -0.3 is 14.4 Å². The van der Waals surface area contributed by atoms with E-state index in [0.29, 0.717) is 31.4 Å². The van der Waals surface area contributed by atoms with Gasteiger partial charge in [-0.3, -0.25) is 9.69 Å². The second kappa shape index (κ2) is 6.32. The van der Waals surface area contributed by atoms with Crippen LogP contribution in [-0.4, -0.2) is 63.3 Å². The summed E-state index contributed by atoms with van der Waals surface area (Å²) >= 11 is 0. The lowest BCUT2D eigenvalue weighted by Gasteiger charge is -2.34. The first-order valence-electron chi connectivity index (χ1n) is 6.99. The van der Waals surface area contributed by atoms with E-state index in [-0.39, 0.29) is 11.8 Å². The Morgan fingerprint density at radius 3 is 2.40 bits per heavy atom. The maximum absolute atomic E-state index is 11.7. The van der Waals surface area contributed by atoms with Gasteiger partial charge in [0.05, 0.1) is 6.54 Å². The van der Waals surface area contributed by atoms with Crippen molar-refractivity contribution in [1.82, 2.24) is 20.0 Å². The predicted molar refractivity (Wildman–Crippen MR) is 71.9 cm³/mol. The molecule has 0 radical (unpaired) electrons. The summed E-state index contributed by atoms with van der Waals surface area (Å²) in [6.45, 7) is 8.87. The summed E-state index contributed by atoms with van der Waals surface area (Å²) in [7, 11) is 0. The highest BCUT2D eigenvalue weighted by Crippen LogP contribution is 2.14. The Labute approximate surface area is 118 Å².